The maximum Gasteiger partial charge on any atom is 0.387 e. The van der Waals surface area contributed by atoms with E-state index in [0.717, 1.165) is 12.0 Å². The molecule has 2 aromatic rings. The molecule has 1 aliphatic heterocycles. The van der Waals surface area contributed by atoms with Crippen molar-refractivity contribution in [3.8, 4) is 5.75 Å². The summed E-state index contributed by atoms with van der Waals surface area (Å²) in [6.45, 7) is -2.19. The van der Waals surface area contributed by atoms with E-state index in [4.69, 9.17) is 5.73 Å². The van der Waals surface area contributed by atoms with Gasteiger partial charge in [-0.05, 0) is 47.7 Å². The molecule has 2 amide bonds. The van der Waals surface area contributed by atoms with Crippen molar-refractivity contribution in [3.05, 3.63) is 58.9 Å². The van der Waals surface area contributed by atoms with Gasteiger partial charge in [0.1, 0.15) is 11.6 Å². The van der Waals surface area contributed by atoms with Crippen molar-refractivity contribution in [2.75, 3.05) is 11.4 Å². The molecule has 150 valence electrons. The number of amides is 2. The van der Waals surface area contributed by atoms with Crippen LogP contribution in [0.4, 0.5) is 23.7 Å². The lowest BCUT2D eigenvalue weighted by Crippen LogP contribution is -2.33. The van der Waals surface area contributed by atoms with E-state index in [2.05, 4.69) is 4.74 Å². The molecule has 0 fully saturated rings. The average Bonchev–Trinajstić information content (AvgIpc) is 2.61. The summed E-state index contributed by atoms with van der Waals surface area (Å²) in [6.07, 6.45) is 1.43. The normalized spacial score (nSPS) is 13.4. The number of hydrogen-bond donors (Lipinski definition) is 2. The summed E-state index contributed by atoms with van der Waals surface area (Å²) in [7, 11) is 0. The van der Waals surface area contributed by atoms with E-state index in [1.54, 1.807) is 18.2 Å². The maximum atomic E-state index is 14.8. The topological polar surface area (TPSA) is 79.0 Å². The Bertz CT molecular complexity index is 864. The van der Waals surface area contributed by atoms with Crippen molar-refractivity contribution < 1.29 is 27.9 Å². The molecule has 9 heteroatoms. The highest BCUT2D eigenvalue weighted by Crippen LogP contribution is 2.33. The first kappa shape index (κ1) is 19.8. The van der Waals surface area contributed by atoms with Crippen LogP contribution in [0.15, 0.2) is 36.4 Å². The van der Waals surface area contributed by atoms with Gasteiger partial charge in [-0.1, -0.05) is 18.2 Å². The Labute approximate surface area is 159 Å². The molecule has 0 spiro atoms. The van der Waals surface area contributed by atoms with Crippen LogP contribution >= 0.6 is 0 Å². The molecule has 3 N–H and O–H groups in total. The Hall–Kier alpha value is -2.94. The Morgan fingerprint density at radius 2 is 2.07 bits per heavy atom. The highest BCUT2D eigenvalue weighted by Gasteiger charge is 2.23. The van der Waals surface area contributed by atoms with Crippen molar-refractivity contribution in [1.29, 1.82) is 0 Å². The molecular weight excluding hydrogens is 375 g/mol. The molecule has 1 heterocycles. The molecule has 0 aliphatic carbocycles. The van der Waals surface area contributed by atoms with E-state index in [1.165, 1.54) is 18.2 Å². The van der Waals surface area contributed by atoms with Gasteiger partial charge in [0.05, 0.1) is 12.2 Å². The van der Waals surface area contributed by atoms with Crippen LogP contribution in [0.5, 0.6) is 5.75 Å². The van der Waals surface area contributed by atoms with Crippen molar-refractivity contribution >= 4 is 11.7 Å². The van der Waals surface area contributed by atoms with Gasteiger partial charge in [-0.3, -0.25) is 5.21 Å². The summed E-state index contributed by atoms with van der Waals surface area (Å²) >= 11 is 0. The van der Waals surface area contributed by atoms with Gasteiger partial charge in [0.2, 0.25) is 0 Å². The molecule has 0 aromatic heterocycles. The Kier molecular flexibility index (Phi) is 5.93. The number of carbonyl (C=O) groups is 1. The fourth-order valence-electron chi connectivity index (χ4n) is 3.38. The van der Waals surface area contributed by atoms with Gasteiger partial charge >= 0.3 is 12.6 Å². The molecule has 0 saturated heterocycles. The minimum atomic E-state index is -2.91. The van der Waals surface area contributed by atoms with Crippen LogP contribution in [-0.4, -0.2) is 29.5 Å². The quantitative estimate of drug-likeness (QED) is 0.578. The molecule has 0 saturated carbocycles. The average molecular weight is 395 g/mol. The largest absolute Gasteiger partial charge is 0.435 e. The molecule has 28 heavy (non-hydrogen) atoms. The number of benzene rings is 2. The first-order chi connectivity index (χ1) is 13.3. The number of urea groups is 1. The van der Waals surface area contributed by atoms with Crippen LogP contribution in [0, 0.1) is 5.82 Å². The highest BCUT2D eigenvalue weighted by molar-refractivity contribution is 5.70. The fourth-order valence-corrected chi connectivity index (χ4v) is 3.38. The molecular formula is C19H20F3N3O3. The third-order valence-corrected chi connectivity index (χ3v) is 4.48. The summed E-state index contributed by atoms with van der Waals surface area (Å²) in [6, 6.07) is 8.26. The molecule has 0 radical (unpaired) electrons. The number of carbonyl (C=O) groups excluding carboxylic acids is 1. The van der Waals surface area contributed by atoms with Crippen molar-refractivity contribution in [2.24, 2.45) is 5.73 Å². The molecule has 6 nitrogen and oxygen atoms in total. The van der Waals surface area contributed by atoms with Crippen molar-refractivity contribution in [1.82, 2.24) is 5.06 Å². The number of fused-ring (bicyclic) bond motifs is 1. The Balaban J connectivity index is 1.82. The van der Waals surface area contributed by atoms with Crippen LogP contribution in [-0.2, 0) is 19.5 Å². The highest BCUT2D eigenvalue weighted by atomic mass is 19.3. The van der Waals surface area contributed by atoms with Crippen LogP contribution in [0.3, 0.4) is 0 Å². The fraction of sp³-hybridized carbons (Fsp3) is 0.316. The van der Waals surface area contributed by atoms with Crippen molar-refractivity contribution in [2.45, 2.75) is 32.5 Å². The minimum Gasteiger partial charge on any atom is -0.435 e. The van der Waals surface area contributed by atoms with Gasteiger partial charge in [0.25, 0.3) is 0 Å². The maximum absolute atomic E-state index is 14.8. The number of ether oxygens (including phenoxy) is 1. The van der Waals surface area contributed by atoms with E-state index < -0.39 is 18.5 Å². The number of anilines is 1. The lowest BCUT2D eigenvalue weighted by Gasteiger charge is -2.32. The van der Waals surface area contributed by atoms with Crippen LogP contribution in [0.1, 0.15) is 23.1 Å². The number of rotatable bonds is 6. The standard InChI is InChI=1S/C19H20F3N3O3/c20-16-9-13(11-25(27)19(23)26)7-14-4-2-6-24(17(14)16)10-12-3-1-5-15(8-12)28-18(21)22/h1,3,5,7-9,18,27H,2,4,6,10-11H2,(H2,23,26). The molecule has 1 aliphatic rings. The molecule has 2 aromatic carbocycles. The second kappa shape index (κ2) is 8.39. The van der Waals surface area contributed by atoms with Crippen LogP contribution in [0.25, 0.3) is 0 Å². The van der Waals surface area contributed by atoms with Gasteiger partial charge in [0.15, 0.2) is 0 Å². The first-order valence-corrected chi connectivity index (χ1v) is 8.69. The number of nitrogens with two attached hydrogens (primary N) is 1. The van der Waals surface area contributed by atoms with E-state index in [1.807, 2.05) is 4.90 Å². The van der Waals surface area contributed by atoms with Crippen molar-refractivity contribution in [3.63, 3.8) is 0 Å². The predicted octanol–water partition coefficient (Wildman–Crippen LogP) is 3.65. The van der Waals surface area contributed by atoms with Gasteiger partial charge in [-0.15, -0.1) is 0 Å². The Morgan fingerprint density at radius 3 is 2.79 bits per heavy atom. The van der Waals surface area contributed by atoms with Crippen LogP contribution in [0.2, 0.25) is 0 Å². The second-order valence-electron chi connectivity index (χ2n) is 6.53. The first-order valence-electron chi connectivity index (χ1n) is 8.69. The van der Waals surface area contributed by atoms with E-state index >= 15 is 0 Å². The number of alkyl halides is 2. The molecule has 0 unspecified atom stereocenters. The van der Waals surface area contributed by atoms with Crippen LogP contribution < -0.4 is 15.4 Å². The number of hydrogen-bond acceptors (Lipinski definition) is 4. The Morgan fingerprint density at radius 1 is 1.29 bits per heavy atom. The van der Waals surface area contributed by atoms with E-state index in [-0.39, 0.29) is 12.3 Å². The molecule has 0 atom stereocenters. The number of hydroxylamine groups is 2. The zero-order valence-corrected chi connectivity index (χ0v) is 14.9. The number of primary amides is 1. The SMILES string of the molecule is NC(=O)N(O)Cc1cc(F)c2c(c1)CCCN2Cc1cccc(OC(F)F)c1. The molecule has 0 bridgehead atoms. The summed E-state index contributed by atoms with van der Waals surface area (Å²) < 4.78 is 44.0. The number of halogens is 3. The van der Waals surface area contributed by atoms with Gasteiger partial charge in [0, 0.05) is 13.1 Å². The smallest absolute Gasteiger partial charge is 0.387 e. The third kappa shape index (κ3) is 4.66. The van der Waals surface area contributed by atoms with E-state index in [9.17, 15) is 23.2 Å². The summed E-state index contributed by atoms with van der Waals surface area (Å²) in [5.74, 6) is -0.430. The summed E-state index contributed by atoms with van der Waals surface area (Å²) in [4.78, 5) is 12.8. The number of aryl methyl sites for hydroxylation is 1. The molecule has 3 rings (SSSR count). The number of nitrogens with zero attached hydrogens (tertiary/aromatic N) is 2. The van der Waals surface area contributed by atoms with Gasteiger partial charge in [-0.25, -0.2) is 14.2 Å². The van der Waals surface area contributed by atoms with Gasteiger partial charge < -0.3 is 15.4 Å². The lowest BCUT2D eigenvalue weighted by atomic mass is 9.98. The second-order valence-corrected chi connectivity index (χ2v) is 6.53. The zero-order valence-electron chi connectivity index (χ0n) is 14.9. The minimum absolute atomic E-state index is 0.0510. The summed E-state index contributed by atoms with van der Waals surface area (Å²) in [5.41, 5.74) is 7.30. The lowest BCUT2D eigenvalue weighted by molar-refractivity contribution is -0.0498. The predicted molar refractivity (Wildman–Crippen MR) is 95.8 cm³/mol. The zero-order chi connectivity index (χ0) is 20.3. The summed E-state index contributed by atoms with van der Waals surface area (Å²) in [5, 5.41) is 9.79. The monoisotopic (exact) mass is 395 g/mol. The van der Waals surface area contributed by atoms with E-state index in [0.29, 0.717) is 41.4 Å². The van der Waals surface area contributed by atoms with Gasteiger partial charge in [-0.2, -0.15) is 8.78 Å². The third-order valence-electron chi connectivity index (χ3n) is 4.48.